The van der Waals surface area contributed by atoms with E-state index in [0.717, 1.165) is 18.9 Å². The third-order valence-electron chi connectivity index (χ3n) is 7.88. The standard InChI is InChI=1S/C30H37F6N3O5/c1-17-20(26(41)37-23-9-5-6-10-25(23)40)15-24(21-14-18(29(31,32)33)11-12-22(21)30(34,35)36)38(17)16-19-8-7-13-39(19)44-27(42)43-28(2,3)4/h11-12,14-15,19,23,25,40H,5-10,13,16H2,1-4H3,(H,37,41)/t19-,23-,25-/m1/s1. The lowest BCUT2D eigenvalue weighted by Crippen LogP contribution is -2.45. The minimum Gasteiger partial charge on any atom is -0.427 e. The first-order valence-corrected chi connectivity index (χ1v) is 14.5. The third-order valence-corrected chi connectivity index (χ3v) is 7.88. The molecule has 0 unspecified atom stereocenters. The van der Waals surface area contributed by atoms with E-state index in [9.17, 15) is 41.0 Å². The first kappa shape index (κ1) is 33.6. The van der Waals surface area contributed by atoms with E-state index in [1.807, 2.05) is 0 Å². The molecule has 0 spiro atoms. The summed E-state index contributed by atoms with van der Waals surface area (Å²) in [4.78, 5) is 31.2. The first-order chi connectivity index (χ1) is 20.3. The molecule has 0 radical (unpaired) electrons. The van der Waals surface area contributed by atoms with Crippen LogP contribution in [0.1, 0.15) is 86.5 Å². The van der Waals surface area contributed by atoms with Crippen LogP contribution in [0.2, 0.25) is 0 Å². The highest BCUT2D eigenvalue weighted by Gasteiger charge is 2.39. The van der Waals surface area contributed by atoms with Gasteiger partial charge in [0.25, 0.3) is 5.91 Å². The number of hydrogen-bond donors (Lipinski definition) is 2. The van der Waals surface area contributed by atoms with Crippen LogP contribution in [0.5, 0.6) is 0 Å². The average molecular weight is 634 g/mol. The van der Waals surface area contributed by atoms with Gasteiger partial charge in [-0.05, 0) is 77.6 Å². The minimum atomic E-state index is -5.00. The lowest BCUT2D eigenvalue weighted by atomic mass is 9.92. The van der Waals surface area contributed by atoms with Crippen LogP contribution in [-0.2, 0) is 28.5 Å². The van der Waals surface area contributed by atoms with Crippen molar-refractivity contribution in [2.24, 2.45) is 0 Å². The van der Waals surface area contributed by atoms with Gasteiger partial charge in [0.1, 0.15) is 5.60 Å². The summed E-state index contributed by atoms with van der Waals surface area (Å²) >= 11 is 0. The molecule has 0 bridgehead atoms. The van der Waals surface area contributed by atoms with Gasteiger partial charge in [0.15, 0.2) is 0 Å². The summed E-state index contributed by atoms with van der Waals surface area (Å²) in [7, 11) is 0. The zero-order valence-electron chi connectivity index (χ0n) is 24.9. The van der Waals surface area contributed by atoms with Crippen molar-refractivity contribution in [1.29, 1.82) is 0 Å². The van der Waals surface area contributed by atoms with Crippen molar-refractivity contribution in [3.05, 3.63) is 46.6 Å². The molecule has 1 aromatic carbocycles. The second-order valence-electron chi connectivity index (χ2n) is 12.3. The van der Waals surface area contributed by atoms with Crippen LogP contribution in [-0.4, -0.2) is 57.1 Å². The molecule has 8 nitrogen and oxygen atoms in total. The van der Waals surface area contributed by atoms with Gasteiger partial charge in [0, 0.05) is 30.0 Å². The van der Waals surface area contributed by atoms with E-state index in [1.54, 1.807) is 20.8 Å². The molecule has 1 saturated heterocycles. The van der Waals surface area contributed by atoms with Crippen LogP contribution in [0.3, 0.4) is 0 Å². The van der Waals surface area contributed by atoms with Gasteiger partial charge < -0.3 is 24.6 Å². The van der Waals surface area contributed by atoms with Crippen LogP contribution < -0.4 is 5.32 Å². The highest BCUT2D eigenvalue weighted by atomic mass is 19.4. The number of aliphatic hydroxyl groups excluding tert-OH is 1. The minimum absolute atomic E-state index is 0.0408. The van der Waals surface area contributed by atoms with Crippen molar-refractivity contribution in [2.75, 3.05) is 6.54 Å². The monoisotopic (exact) mass is 633 g/mol. The molecule has 14 heteroatoms. The fourth-order valence-corrected chi connectivity index (χ4v) is 5.73. The number of alkyl halides is 6. The summed E-state index contributed by atoms with van der Waals surface area (Å²) < 4.78 is 90.2. The van der Waals surface area contributed by atoms with Crippen molar-refractivity contribution in [3.63, 3.8) is 0 Å². The molecule has 1 saturated carbocycles. The van der Waals surface area contributed by atoms with Gasteiger partial charge in [0.05, 0.1) is 34.9 Å². The molecule has 3 atom stereocenters. The van der Waals surface area contributed by atoms with Gasteiger partial charge in [-0.25, -0.2) is 4.79 Å². The number of ether oxygens (including phenoxy) is 1. The number of rotatable bonds is 6. The molecule has 2 fully saturated rings. The maximum Gasteiger partial charge on any atom is 0.528 e. The fraction of sp³-hybridized carbons (Fsp3) is 0.600. The van der Waals surface area contributed by atoms with Crippen LogP contribution in [0.15, 0.2) is 24.3 Å². The third kappa shape index (κ3) is 7.87. The second-order valence-corrected chi connectivity index (χ2v) is 12.3. The summed E-state index contributed by atoms with van der Waals surface area (Å²) in [5, 5.41) is 14.4. The largest absolute Gasteiger partial charge is 0.528 e. The predicted octanol–water partition coefficient (Wildman–Crippen LogP) is 6.87. The average Bonchev–Trinajstić information content (AvgIpc) is 3.46. The molecule has 1 aliphatic heterocycles. The molecule has 1 aromatic heterocycles. The number of aromatic nitrogens is 1. The number of hydroxylamine groups is 2. The van der Waals surface area contributed by atoms with E-state index in [4.69, 9.17) is 9.57 Å². The van der Waals surface area contributed by atoms with Gasteiger partial charge in [-0.15, -0.1) is 5.06 Å². The maximum atomic E-state index is 14.2. The lowest BCUT2D eigenvalue weighted by Gasteiger charge is -2.28. The molecule has 1 aliphatic carbocycles. The Balaban J connectivity index is 1.78. The number of hydrogen-bond acceptors (Lipinski definition) is 6. The zero-order valence-corrected chi connectivity index (χ0v) is 24.9. The fourth-order valence-electron chi connectivity index (χ4n) is 5.73. The van der Waals surface area contributed by atoms with Gasteiger partial charge in [-0.3, -0.25) is 4.79 Å². The Morgan fingerprint density at radius 3 is 2.27 bits per heavy atom. The molecule has 244 valence electrons. The Morgan fingerprint density at radius 2 is 1.66 bits per heavy atom. The summed E-state index contributed by atoms with van der Waals surface area (Å²) in [6, 6.07) is 1.19. The molecular weight excluding hydrogens is 596 g/mol. The van der Waals surface area contributed by atoms with Crippen LogP contribution in [0, 0.1) is 6.92 Å². The number of nitrogens with zero attached hydrogens (tertiary/aromatic N) is 2. The van der Waals surface area contributed by atoms with E-state index in [0.29, 0.717) is 50.4 Å². The molecule has 2 aliphatic rings. The van der Waals surface area contributed by atoms with Gasteiger partial charge in [-0.2, -0.15) is 26.3 Å². The van der Waals surface area contributed by atoms with E-state index in [1.165, 1.54) is 16.6 Å². The number of benzene rings is 1. The molecule has 44 heavy (non-hydrogen) atoms. The molecule has 4 rings (SSSR count). The summed E-state index contributed by atoms with van der Waals surface area (Å²) in [5.74, 6) is -0.665. The maximum absolute atomic E-state index is 14.2. The van der Waals surface area contributed by atoms with Crippen molar-refractivity contribution < 1.29 is 50.6 Å². The highest BCUT2D eigenvalue weighted by Crippen LogP contribution is 2.42. The second kappa shape index (κ2) is 12.6. The first-order valence-electron chi connectivity index (χ1n) is 14.5. The number of nitrogens with one attached hydrogen (secondary N) is 1. The quantitative estimate of drug-likeness (QED) is 0.267. The summed E-state index contributed by atoms with van der Waals surface area (Å²) in [6.45, 7) is 6.64. The van der Waals surface area contributed by atoms with E-state index < -0.39 is 64.9 Å². The van der Waals surface area contributed by atoms with Gasteiger partial charge >= 0.3 is 18.5 Å². The Hall–Kier alpha value is -3.26. The molecule has 2 N–H and O–H groups in total. The van der Waals surface area contributed by atoms with Gasteiger partial charge in [-0.1, -0.05) is 12.8 Å². The Kier molecular flexibility index (Phi) is 9.65. The molecular formula is C30H37F6N3O5. The SMILES string of the molecule is Cc1c(C(=O)N[C@@H]2CCCC[C@H]2O)cc(-c2cc(C(F)(F)F)ccc2C(F)(F)F)n1C[C@H]1CCCN1OC(=O)OC(C)(C)C. The predicted molar refractivity (Wildman–Crippen MR) is 147 cm³/mol. The van der Waals surface area contributed by atoms with Crippen LogP contribution in [0.4, 0.5) is 31.1 Å². The zero-order chi connectivity index (χ0) is 32.6. The number of aliphatic hydroxyl groups is 1. The van der Waals surface area contributed by atoms with E-state index in [2.05, 4.69) is 5.32 Å². The topological polar surface area (TPSA) is 93.0 Å². The van der Waals surface area contributed by atoms with Crippen molar-refractivity contribution in [1.82, 2.24) is 14.9 Å². The molecule has 1 amide bonds. The van der Waals surface area contributed by atoms with E-state index >= 15 is 0 Å². The Bertz CT molecular complexity index is 1360. The van der Waals surface area contributed by atoms with Crippen LogP contribution in [0.25, 0.3) is 11.3 Å². The Labute approximate surface area is 251 Å². The van der Waals surface area contributed by atoms with Crippen LogP contribution >= 0.6 is 0 Å². The Morgan fingerprint density at radius 1 is 0.977 bits per heavy atom. The van der Waals surface area contributed by atoms with Crippen molar-refractivity contribution >= 4 is 12.1 Å². The number of halogens is 6. The smallest absolute Gasteiger partial charge is 0.427 e. The number of carbonyl (C=O) groups excluding carboxylic acids is 2. The summed E-state index contributed by atoms with van der Waals surface area (Å²) in [5.41, 5.74) is -4.25. The normalized spacial score (nSPS) is 21.8. The van der Waals surface area contributed by atoms with E-state index in [-0.39, 0.29) is 23.5 Å². The number of carbonyl (C=O) groups is 2. The molecule has 2 aromatic rings. The van der Waals surface area contributed by atoms with Crippen molar-refractivity contribution in [3.8, 4) is 11.3 Å². The summed E-state index contributed by atoms with van der Waals surface area (Å²) in [6.07, 6.45) is -8.16. The number of amides is 1. The van der Waals surface area contributed by atoms with Crippen molar-refractivity contribution in [2.45, 2.75) is 109 Å². The lowest BCUT2D eigenvalue weighted by molar-refractivity contribution is -0.152. The molecule has 2 heterocycles. The van der Waals surface area contributed by atoms with Gasteiger partial charge in [0.2, 0.25) is 0 Å². The highest BCUT2D eigenvalue weighted by molar-refractivity contribution is 5.97.